The van der Waals surface area contributed by atoms with Crippen molar-refractivity contribution in [1.82, 2.24) is 4.72 Å². The Bertz CT molecular complexity index is 778. The van der Waals surface area contributed by atoms with Crippen molar-refractivity contribution in [3.63, 3.8) is 0 Å². The molecule has 24 heavy (non-hydrogen) atoms. The van der Waals surface area contributed by atoms with Crippen LogP contribution in [0.4, 0.5) is 0 Å². The largest absolute Gasteiger partial charge is 0.480 e. The van der Waals surface area contributed by atoms with E-state index in [1.165, 1.54) is 24.3 Å². The number of benzene rings is 1. The first-order valence-electron chi connectivity index (χ1n) is 7.75. The topological polar surface area (TPSA) is 118 Å². The lowest BCUT2D eigenvalue weighted by Crippen LogP contribution is -2.29. The number of carboxylic acids is 1. The summed E-state index contributed by atoms with van der Waals surface area (Å²) in [6.07, 6.45) is 5.06. The summed E-state index contributed by atoms with van der Waals surface area (Å²) in [5, 5.41) is 8.52. The summed E-state index contributed by atoms with van der Waals surface area (Å²) in [6, 6.07) is 4.87. The Labute approximate surface area is 142 Å². The van der Waals surface area contributed by atoms with Gasteiger partial charge in [-0.05, 0) is 43.0 Å². The van der Waals surface area contributed by atoms with Gasteiger partial charge in [0.15, 0.2) is 9.84 Å². The highest BCUT2D eigenvalue weighted by Gasteiger charge is 2.24. The Morgan fingerprint density at radius 1 is 1.00 bits per heavy atom. The Kier molecular flexibility index (Phi) is 6.00. The Balaban J connectivity index is 2.11. The summed E-state index contributed by atoms with van der Waals surface area (Å²) in [4.78, 5) is 10.4. The van der Waals surface area contributed by atoms with Gasteiger partial charge in [0.05, 0.1) is 15.5 Å². The van der Waals surface area contributed by atoms with Crippen LogP contribution in [0.5, 0.6) is 0 Å². The first kappa shape index (κ1) is 18.9. The molecule has 7 nitrogen and oxygen atoms in total. The number of carboxylic acid groups (broad SMARTS) is 1. The van der Waals surface area contributed by atoms with Gasteiger partial charge in [0.2, 0.25) is 10.0 Å². The molecule has 1 aliphatic rings. The number of hydrogen-bond acceptors (Lipinski definition) is 5. The Hall–Kier alpha value is -1.45. The summed E-state index contributed by atoms with van der Waals surface area (Å²) in [6.45, 7) is -0.732. The molecule has 0 atom stereocenters. The zero-order valence-electron chi connectivity index (χ0n) is 13.1. The summed E-state index contributed by atoms with van der Waals surface area (Å²) >= 11 is 0. The lowest BCUT2D eigenvalue weighted by Gasteiger charge is -2.21. The highest BCUT2D eigenvalue weighted by molar-refractivity contribution is 7.91. The van der Waals surface area contributed by atoms with E-state index in [4.69, 9.17) is 5.11 Å². The lowest BCUT2D eigenvalue weighted by molar-refractivity contribution is -0.135. The number of aliphatic carboxylic acids is 1. The maximum Gasteiger partial charge on any atom is 0.318 e. The van der Waals surface area contributed by atoms with Gasteiger partial charge in [0.25, 0.3) is 0 Å². The number of nitrogens with one attached hydrogen (secondary N) is 1. The van der Waals surface area contributed by atoms with Gasteiger partial charge < -0.3 is 5.11 Å². The SMILES string of the molecule is O=C(O)CNS(=O)(=O)c1ccc(S(=O)(=O)CC2CCCCC2)cc1. The molecule has 0 radical (unpaired) electrons. The summed E-state index contributed by atoms with van der Waals surface area (Å²) < 4.78 is 50.6. The molecule has 134 valence electrons. The molecular weight excluding hydrogens is 354 g/mol. The zero-order valence-corrected chi connectivity index (χ0v) is 14.8. The monoisotopic (exact) mass is 375 g/mol. The van der Waals surface area contributed by atoms with Crippen molar-refractivity contribution in [2.24, 2.45) is 5.92 Å². The minimum atomic E-state index is -3.97. The molecule has 0 bridgehead atoms. The van der Waals surface area contributed by atoms with Crippen LogP contribution in [-0.4, -0.2) is 40.2 Å². The molecule has 1 saturated carbocycles. The minimum Gasteiger partial charge on any atom is -0.480 e. The van der Waals surface area contributed by atoms with E-state index < -0.39 is 32.4 Å². The molecule has 9 heteroatoms. The number of rotatable bonds is 7. The first-order valence-corrected chi connectivity index (χ1v) is 10.9. The highest BCUT2D eigenvalue weighted by atomic mass is 32.2. The van der Waals surface area contributed by atoms with Crippen LogP contribution in [0.2, 0.25) is 0 Å². The molecule has 0 saturated heterocycles. The van der Waals surface area contributed by atoms with Crippen LogP contribution in [0.25, 0.3) is 0 Å². The van der Waals surface area contributed by atoms with E-state index >= 15 is 0 Å². The molecule has 0 unspecified atom stereocenters. The van der Waals surface area contributed by atoms with E-state index in [1.54, 1.807) is 0 Å². The number of sulfone groups is 1. The van der Waals surface area contributed by atoms with E-state index in [0.29, 0.717) is 0 Å². The molecule has 0 amide bonds. The molecule has 2 rings (SSSR count). The quantitative estimate of drug-likeness (QED) is 0.744. The van der Waals surface area contributed by atoms with Crippen molar-refractivity contribution in [3.8, 4) is 0 Å². The molecular formula is C15H21NO6S2. The molecule has 0 heterocycles. The maximum absolute atomic E-state index is 12.4. The fraction of sp³-hybridized carbons (Fsp3) is 0.533. The van der Waals surface area contributed by atoms with Crippen molar-refractivity contribution in [2.75, 3.05) is 12.3 Å². The summed E-state index contributed by atoms with van der Waals surface area (Å²) in [5.41, 5.74) is 0. The summed E-state index contributed by atoms with van der Waals surface area (Å²) in [7, 11) is -7.43. The number of sulfonamides is 1. The lowest BCUT2D eigenvalue weighted by atomic mass is 9.91. The van der Waals surface area contributed by atoms with E-state index in [-0.39, 0.29) is 21.5 Å². The van der Waals surface area contributed by atoms with Crippen LogP contribution in [0.1, 0.15) is 32.1 Å². The van der Waals surface area contributed by atoms with Gasteiger partial charge in [-0.25, -0.2) is 16.8 Å². The molecule has 1 fully saturated rings. The molecule has 1 aromatic rings. The second kappa shape index (κ2) is 7.62. The van der Waals surface area contributed by atoms with Gasteiger partial charge >= 0.3 is 5.97 Å². The van der Waals surface area contributed by atoms with Crippen LogP contribution in [0.3, 0.4) is 0 Å². The predicted molar refractivity (Wildman–Crippen MR) is 87.9 cm³/mol. The van der Waals surface area contributed by atoms with Crippen molar-refractivity contribution in [2.45, 2.75) is 41.9 Å². The smallest absolute Gasteiger partial charge is 0.318 e. The van der Waals surface area contributed by atoms with Gasteiger partial charge in [-0.3, -0.25) is 4.79 Å². The van der Waals surface area contributed by atoms with Crippen molar-refractivity contribution < 1.29 is 26.7 Å². The van der Waals surface area contributed by atoms with Crippen LogP contribution in [0, 0.1) is 5.92 Å². The average molecular weight is 375 g/mol. The van der Waals surface area contributed by atoms with Crippen molar-refractivity contribution in [3.05, 3.63) is 24.3 Å². The molecule has 0 spiro atoms. The summed E-state index contributed by atoms with van der Waals surface area (Å²) in [5.74, 6) is -1.06. The fourth-order valence-corrected chi connectivity index (χ4v) is 5.50. The third-order valence-corrected chi connectivity index (χ3v) is 7.40. The molecule has 2 N–H and O–H groups in total. The molecule has 0 aliphatic heterocycles. The van der Waals surface area contributed by atoms with Crippen LogP contribution in [0.15, 0.2) is 34.1 Å². The molecule has 1 aromatic carbocycles. The van der Waals surface area contributed by atoms with E-state index in [1.807, 2.05) is 4.72 Å². The average Bonchev–Trinajstić information content (AvgIpc) is 2.54. The van der Waals surface area contributed by atoms with Gasteiger partial charge in [0.1, 0.15) is 6.54 Å². The number of carbonyl (C=O) groups is 1. The Morgan fingerprint density at radius 2 is 1.54 bits per heavy atom. The fourth-order valence-electron chi connectivity index (χ4n) is 2.83. The third-order valence-electron chi connectivity index (χ3n) is 4.09. The standard InChI is InChI=1S/C15H21NO6S2/c17-15(18)10-16-24(21,22)14-8-6-13(7-9-14)23(19,20)11-12-4-2-1-3-5-12/h6-9,12,16H,1-5,10-11H2,(H,17,18). The normalized spacial score (nSPS) is 16.8. The molecule has 1 aliphatic carbocycles. The van der Waals surface area contributed by atoms with Crippen LogP contribution >= 0.6 is 0 Å². The second-order valence-corrected chi connectivity index (χ2v) is 9.78. The predicted octanol–water partition coefficient (Wildman–Crippen LogP) is 1.40. The Morgan fingerprint density at radius 3 is 2.08 bits per heavy atom. The van der Waals surface area contributed by atoms with Gasteiger partial charge in [-0.15, -0.1) is 0 Å². The van der Waals surface area contributed by atoms with Gasteiger partial charge in [-0.2, -0.15) is 4.72 Å². The van der Waals surface area contributed by atoms with E-state index in [2.05, 4.69) is 0 Å². The minimum absolute atomic E-state index is 0.0797. The van der Waals surface area contributed by atoms with E-state index in [9.17, 15) is 21.6 Å². The molecule has 0 aromatic heterocycles. The zero-order chi connectivity index (χ0) is 17.8. The highest BCUT2D eigenvalue weighted by Crippen LogP contribution is 2.27. The third kappa shape index (κ3) is 5.02. The second-order valence-electron chi connectivity index (χ2n) is 5.98. The van der Waals surface area contributed by atoms with E-state index in [0.717, 1.165) is 32.1 Å². The van der Waals surface area contributed by atoms with Gasteiger partial charge in [0, 0.05) is 0 Å². The maximum atomic E-state index is 12.4. The van der Waals surface area contributed by atoms with Crippen molar-refractivity contribution in [1.29, 1.82) is 0 Å². The van der Waals surface area contributed by atoms with Crippen LogP contribution < -0.4 is 4.72 Å². The first-order chi connectivity index (χ1) is 11.2. The number of hydrogen-bond donors (Lipinski definition) is 2. The van der Waals surface area contributed by atoms with Crippen LogP contribution in [-0.2, 0) is 24.7 Å². The van der Waals surface area contributed by atoms with Crippen molar-refractivity contribution >= 4 is 25.8 Å². The van der Waals surface area contributed by atoms with Gasteiger partial charge in [-0.1, -0.05) is 19.3 Å².